The Hall–Kier alpha value is -1.05. The molecule has 0 spiro atoms. The third-order valence-corrected chi connectivity index (χ3v) is 5.39. The minimum absolute atomic E-state index is 0.206. The van der Waals surface area contributed by atoms with Crippen LogP contribution in [0.1, 0.15) is 33.6 Å². The summed E-state index contributed by atoms with van der Waals surface area (Å²) in [4.78, 5) is 0. The molecule has 2 bridgehead atoms. The average molecular weight is 248 g/mol. The van der Waals surface area contributed by atoms with E-state index in [4.69, 9.17) is 4.74 Å². The second kappa shape index (κ2) is 3.97. The minimum atomic E-state index is -0.206. The van der Waals surface area contributed by atoms with Crippen LogP contribution in [-0.4, -0.2) is 6.10 Å². The van der Waals surface area contributed by atoms with E-state index in [1.165, 1.54) is 18.6 Å². The van der Waals surface area contributed by atoms with Gasteiger partial charge in [0.05, 0.1) is 0 Å². The molecule has 0 saturated heterocycles. The van der Waals surface area contributed by atoms with Gasteiger partial charge >= 0.3 is 0 Å². The summed E-state index contributed by atoms with van der Waals surface area (Å²) in [5.41, 5.74) is 0.488. The second-order valence-corrected chi connectivity index (χ2v) is 6.57. The highest BCUT2D eigenvalue weighted by Crippen LogP contribution is 2.61. The summed E-state index contributed by atoms with van der Waals surface area (Å²) in [6, 6.07) is 6.39. The molecule has 0 unspecified atom stereocenters. The minimum Gasteiger partial charge on any atom is -0.490 e. The molecule has 3 saturated carbocycles. The maximum atomic E-state index is 12.9. The molecule has 1 aromatic carbocycles. The first-order chi connectivity index (χ1) is 8.48. The SMILES string of the molecule is C[C@@H]1[C@H](Oc2ccc(F)cc2)C[C@H]2C[C@@H]1C2(C)C. The van der Waals surface area contributed by atoms with E-state index in [-0.39, 0.29) is 5.82 Å². The number of hydrogen-bond donors (Lipinski definition) is 0. The predicted molar refractivity (Wildman–Crippen MR) is 70.0 cm³/mol. The number of halogens is 1. The standard InChI is InChI=1S/C16H21FO/c1-10-14-8-11(16(14,2)3)9-15(10)18-13-6-4-12(17)5-7-13/h4-7,10-11,14-15H,8-9H2,1-3H3/t10-,11+,14-,15+/m0/s1. The van der Waals surface area contributed by atoms with Gasteiger partial charge in [-0.25, -0.2) is 4.39 Å². The summed E-state index contributed by atoms with van der Waals surface area (Å²) >= 11 is 0. The molecule has 4 atom stereocenters. The Kier molecular flexibility index (Phi) is 2.65. The molecule has 2 heteroatoms. The Morgan fingerprint density at radius 3 is 2.39 bits per heavy atom. The van der Waals surface area contributed by atoms with Crippen molar-refractivity contribution in [3.05, 3.63) is 30.1 Å². The highest BCUT2D eigenvalue weighted by molar-refractivity contribution is 5.23. The Bertz CT molecular complexity index is 437. The molecule has 1 nitrogen and oxygen atoms in total. The van der Waals surface area contributed by atoms with Gasteiger partial charge in [0.2, 0.25) is 0 Å². The van der Waals surface area contributed by atoms with Gasteiger partial charge in [0.25, 0.3) is 0 Å². The largest absolute Gasteiger partial charge is 0.490 e. The van der Waals surface area contributed by atoms with E-state index in [2.05, 4.69) is 20.8 Å². The molecule has 18 heavy (non-hydrogen) atoms. The maximum Gasteiger partial charge on any atom is 0.123 e. The van der Waals surface area contributed by atoms with Crippen molar-refractivity contribution in [2.45, 2.75) is 39.7 Å². The summed E-state index contributed by atoms with van der Waals surface area (Å²) in [5, 5.41) is 0. The number of hydrogen-bond acceptors (Lipinski definition) is 1. The molecule has 3 fully saturated rings. The van der Waals surface area contributed by atoms with Crippen molar-refractivity contribution in [1.29, 1.82) is 0 Å². The third kappa shape index (κ3) is 1.73. The molecular weight excluding hydrogens is 227 g/mol. The Labute approximate surface area is 108 Å². The van der Waals surface area contributed by atoms with Crippen molar-refractivity contribution >= 4 is 0 Å². The molecule has 98 valence electrons. The molecule has 0 radical (unpaired) electrons. The van der Waals surface area contributed by atoms with Crippen LogP contribution >= 0.6 is 0 Å². The van der Waals surface area contributed by atoms with Crippen LogP contribution in [-0.2, 0) is 0 Å². The number of fused-ring (bicyclic) bond motifs is 2. The third-order valence-electron chi connectivity index (χ3n) is 5.39. The van der Waals surface area contributed by atoms with E-state index in [0.717, 1.165) is 24.0 Å². The van der Waals surface area contributed by atoms with Gasteiger partial charge < -0.3 is 4.74 Å². The van der Waals surface area contributed by atoms with Crippen molar-refractivity contribution in [1.82, 2.24) is 0 Å². The lowest BCUT2D eigenvalue weighted by atomic mass is 9.45. The van der Waals surface area contributed by atoms with Crippen molar-refractivity contribution in [2.24, 2.45) is 23.2 Å². The van der Waals surface area contributed by atoms with Crippen LogP contribution in [0.2, 0.25) is 0 Å². The van der Waals surface area contributed by atoms with Crippen molar-refractivity contribution in [3.63, 3.8) is 0 Å². The van der Waals surface area contributed by atoms with Crippen LogP contribution < -0.4 is 4.74 Å². The van der Waals surface area contributed by atoms with Gasteiger partial charge in [-0.3, -0.25) is 0 Å². The fraction of sp³-hybridized carbons (Fsp3) is 0.625. The normalized spacial score (nSPS) is 36.9. The summed E-state index contributed by atoms with van der Waals surface area (Å²) in [5.74, 6) is 2.76. The van der Waals surface area contributed by atoms with Crippen LogP contribution in [0.3, 0.4) is 0 Å². The molecular formula is C16H21FO. The topological polar surface area (TPSA) is 9.23 Å². The van der Waals surface area contributed by atoms with Gasteiger partial charge in [-0.15, -0.1) is 0 Å². The van der Waals surface area contributed by atoms with Crippen LogP contribution in [0.4, 0.5) is 4.39 Å². The zero-order chi connectivity index (χ0) is 12.9. The fourth-order valence-corrected chi connectivity index (χ4v) is 3.95. The van der Waals surface area contributed by atoms with Crippen LogP contribution in [0.25, 0.3) is 0 Å². The maximum absolute atomic E-state index is 12.9. The highest BCUT2D eigenvalue weighted by Gasteiger charge is 2.56. The quantitative estimate of drug-likeness (QED) is 0.759. The van der Waals surface area contributed by atoms with E-state index in [9.17, 15) is 4.39 Å². The van der Waals surface area contributed by atoms with Gasteiger partial charge in [-0.2, -0.15) is 0 Å². The molecule has 0 aromatic heterocycles. The first kappa shape index (κ1) is 12.0. The van der Waals surface area contributed by atoms with Gasteiger partial charge in [0, 0.05) is 0 Å². The molecule has 1 aromatic rings. The van der Waals surface area contributed by atoms with Crippen LogP contribution in [0, 0.1) is 29.0 Å². The number of rotatable bonds is 2. The molecule has 3 aliphatic rings. The lowest BCUT2D eigenvalue weighted by molar-refractivity contribution is -0.147. The van der Waals surface area contributed by atoms with E-state index in [0.29, 0.717) is 17.4 Å². The summed E-state index contributed by atoms with van der Waals surface area (Å²) in [6.07, 6.45) is 2.80. The molecule has 3 aliphatic carbocycles. The van der Waals surface area contributed by atoms with Gasteiger partial charge in [-0.05, 0) is 60.3 Å². The Morgan fingerprint density at radius 1 is 1.17 bits per heavy atom. The average Bonchev–Trinajstić information content (AvgIpc) is 2.33. The summed E-state index contributed by atoms with van der Waals surface area (Å²) < 4.78 is 18.9. The van der Waals surface area contributed by atoms with Gasteiger partial charge in [0.15, 0.2) is 0 Å². The monoisotopic (exact) mass is 248 g/mol. The molecule has 0 amide bonds. The predicted octanol–water partition coefficient (Wildman–Crippen LogP) is 4.28. The van der Waals surface area contributed by atoms with E-state index >= 15 is 0 Å². The van der Waals surface area contributed by atoms with Crippen LogP contribution in [0.15, 0.2) is 24.3 Å². The lowest BCUT2D eigenvalue weighted by Gasteiger charge is -2.61. The van der Waals surface area contributed by atoms with E-state index < -0.39 is 0 Å². The first-order valence-corrected chi connectivity index (χ1v) is 6.90. The lowest BCUT2D eigenvalue weighted by Crippen LogP contribution is -2.57. The summed E-state index contributed by atoms with van der Waals surface area (Å²) in [6.45, 7) is 7.07. The smallest absolute Gasteiger partial charge is 0.123 e. The highest BCUT2D eigenvalue weighted by atomic mass is 19.1. The zero-order valence-electron chi connectivity index (χ0n) is 11.3. The van der Waals surface area contributed by atoms with Crippen molar-refractivity contribution in [2.75, 3.05) is 0 Å². The summed E-state index contributed by atoms with van der Waals surface area (Å²) in [7, 11) is 0. The van der Waals surface area contributed by atoms with Gasteiger partial charge in [-0.1, -0.05) is 20.8 Å². The van der Waals surface area contributed by atoms with Crippen LogP contribution in [0.5, 0.6) is 5.75 Å². The molecule has 0 heterocycles. The number of ether oxygens (including phenoxy) is 1. The molecule has 0 N–H and O–H groups in total. The van der Waals surface area contributed by atoms with E-state index in [1.54, 1.807) is 12.1 Å². The Balaban J connectivity index is 1.70. The van der Waals surface area contributed by atoms with Gasteiger partial charge in [0.1, 0.15) is 17.7 Å². The van der Waals surface area contributed by atoms with Crippen molar-refractivity contribution < 1.29 is 9.13 Å². The molecule has 4 rings (SSSR count). The number of benzene rings is 1. The molecule has 0 aliphatic heterocycles. The Morgan fingerprint density at radius 2 is 1.83 bits per heavy atom. The fourth-order valence-electron chi connectivity index (χ4n) is 3.95. The van der Waals surface area contributed by atoms with Crippen molar-refractivity contribution in [3.8, 4) is 5.75 Å². The first-order valence-electron chi connectivity index (χ1n) is 6.90. The van der Waals surface area contributed by atoms with E-state index in [1.807, 2.05) is 0 Å². The zero-order valence-corrected chi connectivity index (χ0v) is 11.3. The second-order valence-electron chi connectivity index (χ2n) is 6.57.